The molecular formula is C14H23ClFN3O4S2. The van der Waals surface area contributed by atoms with Gasteiger partial charge in [0.1, 0.15) is 5.82 Å². The molecule has 2 rings (SSSR count). The van der Waals surface area contributed by atoms with E-state index in [1.807, 2.05) is 0 Å². The molecule has 0 aliphatic carbocycles. The summed E-state index contributed by atoms with van der Waals surface area (Å²) in [5.41, 5.74) is -0.260. The van der Waals surface area contributed by atoms with Gasteiger partial charge in [0.05, 0.1) is 16.3 Å². The van der Waals surface area contributed by atoms with Crippen LogP contribution in [0, 0.1) is 5.82 Å². The zero-order chi connectivity index (χ0) is 17.8. The van der Waals surface area contributed by atoms with Gasteiger partial charge >= 0.3 is 0 Å². The highest BCUT2D eigenvalue weighted by Gasteiger charge is 2.23. The van der Waals surface area contributed by atoms with Crippen molar-refractivity contribution in [2.75, 3.05) is 23.6 Å². The molecule has 1 saturated heterocycles. The van der Waals surface area contributed by atoms with Crippen molar-refractivity contribution in [3.63, 3.8) is 0 Å². The molecular weight excluding hydrogens is 393 g/mol. The predicted molar refractivity (Wildman–Crippen MR) is 97.6 cm³/mol. The molecule has 1 aromatic carbocycles. The lowest BCUT2D eigenvalue weighted by Crippen LogP contribution is -2.42. The molecule has 25 heavy (non-hydrogen) atoms. The maximum Gasteiger partial charge on any atom is 0.240 e. The molecule has 1 aliphatic heterocycles. The second-order valence-corrected chi connectivity index (χ2v) is 9.26. The SMILES string of the molecule is CCCS(=O)(=O)Nc1ccc(S(=O)(=O)NC2CCNCC2)cc1F.Cl. The van der Waals surface area contributed by atoms with Crippen LogP contribution in [0.3, 0.4) is 0 Å². The standard InChI is InChI=1S/C14H22FN3O4S2.ClH/c1-2-9-23(19,20)18-14-4-3-12(10-13(14)15)24(21,22)17-11-5-7-16-8-6-11;/h3-4,10-11,16-18H,2,5-9H2,1H3;1H. The molecule has 1 aliphatic rings. The minimum atomic E-state index is -3.85. The third-order valence-electron chi connectivity index (χ3n) is 3.65. The van der Waals surface area contributed by atoms with Crippen LogP contribution in [0.2, 0.25) is 0 Å². The molecule has 0 amide bonds. The van der Waals surface area contributed by atoms with E-state index in [4.69, 9.17) is 0 Å². The summed E-state index contributed by atoms with van der Waals surface area (Å²) in [7, 11) is -7.49. The summed E-state index contributed by atoms with van der Waals surface area (Å²) in [6.07, 6.45) is 1.72. The van der Waals surface area contributed by atoms with Crippen LogP contribution >= 0.6 is 12.4 Å². The Morgan fingerprint density at radius 1 is 1.20 bits per heavy atom. The molecule has 0 saturated carbocycles. The first-order valence-electron chi connectivity index (χ1n) is 7.76. The van der Waals surface area contributed by atoms with E-state index in [9.17, 15) is 21.2 Å². The Hall–Kier alpha value is -0.940. The van der Waals surface area contributed by atoms with Gasteiger partial charge in [-0.15, -0.1) is 12.4 Å². The van der Waals surface area contributed by atoms with Crippen molar-refractivity contribution in [1.29, 1.82) is 0 Å². The van der Waals surface area contributed by atoms with Gasteiger partial charge in [-0.05, 0) is 50.6 Å². The maximum absolute atomic E-state index is 14.1. The summed E-state index contributed by atoms with van der Waals surface area (Å²) >= 11 is 0. The molecule has 0 aromatic heterocycles. The molecule has 0 bridgehead atoms. The average molecular weight is 416 g/mol. The van der Waals surface area contributed by atoms with Gasteiger partial charge in [0.15, 0.2) is 0 Å². The van der Waals surface area contributed by atoms with Gasteiger partial charge < -0.3 is 5.32 Å². The molecule has 1 heterocycles. The maximum atomic E-state index is 14.1. The Morgan fingerprint density at radius 2 is 1.84 bits per heavy atom. The Bertz CT molecular complexity index is 781. The average Bonchev–Trinajstić information content (AvgIpc) is 2.49. The van der Waals surface area contributed by atoms with Gasteiger partial charge in [-0.25, -0.2) is 25.9 Å². The van der Waals surface area contributed by atoms with Crippen LogP contribution in [-0.4, -0.2) is 41.7 Å². The number of piperidine rings is 1. The molecule has 1 aromatic rings. The van der Waals surface area contributed by atoms with Gasteiger partial charge in [-0.2, -0.15) is 0 Å². The zero-order valence-corrected chi connectivity index (χ0v) is 16.2. The highest BCUT2D eigenvalue weighted by molar-refractivity contribution is 7.92. The van der Waals surface area contributed by atoms with Crippen LogP contribution in [0.5, 0.6) is 0 Å². The van der Waals surface area contributed by atoms with Crippen molar-refractivity contribution in [3.05, 3.63) is 24.0 Å². The fourth-order valence-electron chi connectivity index (χ4n) is 2.46. The number of sulfonamides is 2. The number of halogens is 2. The van der Waals surface area contributed by atoms with Crippen molar-refractivity contribution in [2.45, 2.75) is 37.1 Å². The Morgan fingerprint density at radius 3 is 2.40 bits per heavy atom. The fourth-order valence-corrected chi connectivity index (χ4v) is 4.92. The van der Waals surface area contributed by atoms with Crippen LogP contribution in [0.1, 0.15) is 26.2 Å². The van der Waals surface area contributed by atoms with E-state index in [-0.39, 0.29) is 34.8 Å². The molecule has 3 N–H and O–H groups in total. The smallest absolute Gasteiger partial charge is 0.240 e. The van der Waals surface area contributed by atoms with Crippen molar-refractivity contribution >= 4 is 38.1 Å². The molecule has 0 spiro atoms. The van der Waals surface area contributed by atoms with Crippen LogP contribution in [0.4, 0.5) is 10.1 Å². The summed E-state index contributed by atoms with van der Waals surface area (Å²) < 4.78 is 66.8. The monoisotopic (exact) mass is 415 g/mol. The second kappa shape index (κ2) is 9.13. The van der Waals surface area contributed by atoms with Crippen LogP contribution in [-0.2, 0) is 20.0 Å². The first-order chi connectivity index (χ1) is 11.2. The molecule has 7 nitrogen and oxygen atoms in total. The topological polar surface area (TPSA) is 104 Å². The van der Waals surface area contributed by atoms with E-state index in [0.29, 0.717) is 19.3 Å². The molecule has 0 radical (unpaired) electrons. The van der Waals surface area contributed by atoms with Gasteiger partial charge in [0, 0.05) is 6.04 Å². The van der Waals surface area contributed by atoms with Crippen LogP contribution < -0.4 is 14.8 Å². The highest BCUT2D eigenvalue weighted by Crippen LogP contribution is 2.21. The first-order valence-corrected chi connectivity index (χ1v) is 10.9. The summed E-state index contributed by atoms with van der Waals surface area (Å²) in [6.45, 7) is 3.14. The minimum absolute atomic E-state index is 0. The van der Waals surface area contributed by atoms with Crippen molar-refractivity contribution in [1.82, 2.24) is 10.0 Å². The van der Waals surface area contributed by atoms with Crippen LogP contribution in [0.25, 0.3) is 0 Å². The minimum Gasteiger partial charge on any atom is -0.317 e. The Labute approximate surface area is 154 Å². The van der Waals surface area contributed by atoms with Crippen molar-refractivity contribution in [2.24, 2.45) is 0 Å². The van der Waals surface area contributed by atoms with Gasteiger partial charge in [0.25, 0.3) is 0 Å². The number of nitrogens with one attached hydrogen (secondary N) is 3. The summed E-state index contributed by atoms with van der Waals surface area (Å²) in [4.78, 5) is -0.225. The largest absolute Gasteiger partial charge is 0.317 e. The third-order valence-corrected chi connectivity index (χ3v) is 6.64. The van der Waals surface area contributed by atoms with Gasteiger partial charge in [-0.1, -0.05) is 6.92 Å². The lowest BCUT2D eigenvalue weighted by molar-refractivity contribution is 0.427. The normalized spacial score (nSPS) is 16.2. The molecule has 0 unspecified atom stereocenters. The van der Waals surface area contributed by atoms with E-state index < -0.39 is 25.9 Å². The number of hydrogen-bond acceptors (Lipinski definition) is 5. The van der Waals surface area contributed by atoms with E-state index in [0.717, 1.165) is 25.2 Å². The molecule has 144 valence electrons. The lowest BCUT2D eigenvalue weighted by Gasteiger charge is -2.23. The number of benzene rings is 1. The highest BCUT2D eigenvalue weighted by atomic mass is 35.5. The van der Waals surface area contributed by atoms with E-state index >= 15 is 0 Å². The second-order valence-electron chi connectivity index (χ2n) is 5.71. The van der Waals surface area contributed by atoms with E-state index in [2.05, 4.69) is 14.8 Å². The predicted octanol–water partition coefficient (Wildman–Crippen LogP) is 1.43. The van der Waals surface area contributed by atoms with Gasteiger partial charge in [0.2, 0.25) is 20.0 Å². The Balaban J connectivity index is 0.00000312. The number of rotatable bonds is 7. The Kier molecular flexibility index (Phi) is 8.07. The fraction of sp³-hybridized carbons (Fsp3) is 0.571. The van der Waals surface area contributed by atoms with Crippen molar-refractivity contribution < 1.29 is 21.2 Å². The summed E-state index contributed by atoms with van der Waals surface area (Å²) in [6, 6.07) is 2.95. The summed E-state index contributed by atoms with van der Waals surface area (Å²) in [5, 5.41) is 3.13. The van der Waals surface area contributed by atoms with Gasteiger partial charge in [-0.3, -0.25) is 4.72 Å². The molecule has 11 heteroatoms. The van der Waals surface area contributed by atoms with Crippen molar-refractivity contribution in [3.8, 4) is 0 Å². The molecule has 0 atom stereocenters. The number of hydrogen-bond donors (Lipinski definition) is 3. The van der Waals surface area contributed by atoms with E-state index in [1.54, 1.807) is 6.92 Å². The summed E-state index contributed by atoms with van der Waals surface area (Å²) in [5.74, 6) is -1.06. The zero-order valence-electron chi connectivity index (χ0n) is 13.8. The van der Waals surface area contributed by atoms with Crippen LogP contribution in [0.15, 0.2) is 23.1 Å². The number of anilines is 1. The first kappa shape index (κ1) is 22.1. The third kappa shape index (κ3) is 6.37. The van der Waals surface area contributed by atoms with E-state index in [1.165, 1.54) is 6.07 Å². The quantitative estimate of drug-likeness (QED) is 0.624. The molecule has 1 fully saturated rings. The lowest BCUT2D eigenvalue weighted by atomic mass is 10.1.